The quantitative estimate of drug-likeness (QED) is 0.463. The zero-order valence-corrected chi connectivity index (χ0v) is 22.2. The van der Waals surface area contributed by atoms with Crippen molar-refractivity contribution in [1.29, 1.82) is 0 Å². The number of hydrogen-bond acceptors (Lipinski definition) is 5. The van der Waals surface area contributed by atoms with Crippen molar-refractivity contribution < 1.29 is 23.8 Å². The molecule has 4 rings (SSSR count). The van der Waals surface area contributed by atoms with E-state index in [2.05, 4.69) is 47.1 Å². The lowest BCUT2D eigenvalue weighted by atomic mass is 9.98. The molecule has 2 bridgehead atoms. The summed E-state index contributed by atoms with van der Waals surface area (Å²) in [5.41, 5.74) is 2.96. The van der Waals surface area contributed by atoms with Crippen LogP contribution in [0, 0.1) is 5.82 Å². The Morgan fingerprint density at radius 1 is 1.11 bits per heavy atom. The maximum Gasteiger partial charge on any atom is 0.220 e. The van der Waals surface area contributed by atoms with Crippen LogP contribution in [-0.4, -0.2) is 48.8 Å². The molecule has 7 nitrogen and oxygen atoms in total. The van der Waals surface area contributed by atoms with Crippen molar-refractivity contribution in [3.63, 3.8) is 0 Å². The number of carbonyl (C=O) groups is 2. The number of amides is 2. The Kier molecular flexibility index (Phi) is 9.74. The van der Waals surface area contributed by atoms with Gasteiger partial charge in [-0.2, -0.15) is 0 Å². The van der Waals surface area contributed by atoms with Gasteiger partial charge in [0, 0.05) is 37.5 Å². The van der Waals surface area contributed by atoms with Crippen LogP contribution in [0.25, 0.3) is 0 Å². The lowest BCUT2D eigenvalue weighted by molar-refractivity contribution is -0.123. The fourth-order valence-corrected chi connectivity index (χ4v) is 5.00. The summed E-state index contributed by atoms with van der Waals surface area (Å²) in [6.07, 6.45) is 4.62. The van der Waals surface area contributed by atoms with Crippen LogP contribution < -0.4 is 20.7 Å². The highest BCUT2D eigenvalue weighted by Gasteiger charge is 2.44. The third-order valence-corrected chi connectivity index (χ3v) is 7.45. The van der Waals surface area contributed by atoms with E-state index in [9.17, 15) is 19.1 Å². The van der Waals surface area contributed by atoms with Gasteiger partial charge in [0.05, 0.1) is 18.8 Å². The largest absolute Gasteiger partial charge is 0.493 e. The van der Waals surface area contributed by atoms with E-state index in [1.807, 2.05) is 0 Å². The molecule has 1 fully saturated rings. The van der Waals surface area contributed by atoms with E-state index in [-0.39, 0.29) is 43.2 Å². The summed E-state index contributed by atoms with van der Waals surface area (Å²) >= 11 is 0. The highest BCUT2D eigenvalue weighted by Crippen LogP contribution is 2.45. The average molecular weight is 526 g/mol. The molecule has 2 amide bonds. The summed E-state index contributed by atoms with van der Waals surface area (Å²) in [5, 5.41) is 20.6. The molecule has 8 heteroatoms. The molecule has 38 heavy (non-hydrogen) atoms. The minimum atomic E-state index is -0.899. The Morgan fingerprint density at radius 3 is 2.71 bits per heavy atom. The SMILES string of the molecule is CCc1cccc(C2(NCC(O)C3Cc4cc(F)cc(c4)OCCCCNC(=O)CCCC(=O)N3)CC2)c1. The van der Waals surface area contributed by atoms with Crippen LogP contribution in [0.3, 0.4) is 0 Å². The number of rotatable bonds is 6. The van der Waals surface area contributed by atoms with Crippen molar-refractivity contribution >= 4 is 11.8 Å². The van der Waals surface area contributed by atoms with E-state index in [4.69, 9.17) is 4.74 Å². The second-order valence-corrected chi connectivity index (χ2v) is 10.5. The van der Waals surface area contributed by atoms with Gasteiger partial charge in [0.25, 0.3) is 0 Å². The molecule has 2 aromatic carbocycles. The Bertz CT molecular complexity index is 1100. The molecule has 0 spiro atoms. The zero-order chi connectivity index (χ0) is 27.0. The van der Waals surface area contributed by atoms with Crippen LogP contribution >= 0.6 is 0 Å². The van der Waals surface area contributed by atoms with Crippen LogP contribution in [0.5, 0.6) is 5.75 Å². The van der Waals surface area contributed by atoms with E-state index in [0.717, 1.165) is 32.1 Å². The van der Waals surface area contributed by atoms with Crippen LogP contribution in [0.15, 0.2) is 42.5 Å². The van der Waals surface area contributed by atoms with Gasteiger partial charge in [-0.15, -0.1) is 0 Å². The van der Waals surface area contributed by atoms with Crippen LogP contribution in [0.4, 0.5) is 4.39 Å². The van der Waals surface area contributed by atoms with Gasteiger partial charge < -0.3 is 25.8 Å². The summed E-state index contributed by atoms with van der Waals surface area (Å²) in [5.74, 6) is -0.331. The number of fused-ring (bicyclic) bond motifs is 2. The van der Waals surface area contributed by atoms with Gasteiger partial charge in [-0.25, -0.2) is 4.39 Å². The number of nitrogens with one attached hydrogen (secondary N) is 3. The first-order valence-electron chi connectivity index (χ1n) is 13.9. The topological polar surface area (TPSA) is 99.7 Å². The number of hydrogen-bond donors (Lipinski definition) is 4. The first kappa shape index (κ1) is 28.0. The smallest absolute Gasteiger partial charge is 0.220 e. The van der Waals surface area contributed by atoms with Crippen molar-refractivity contribution in [3.8, 4) is 5.75 Å². The number of aliphatic hydroxyl groups is 1. The summed E-state index contributed by atoms with van der Waals surface area (Å²) in [7, 11) is 0. The second kappa shape index (κ2) is 13.2. The van der Waals surface area contributed by atoms with Gasteiger partial charge in [0.2, 0.25) is 11.8 Å². The standard InChI is InChI=1S/C30H40FN3O4/c1-2-21-7-5-8-23(15-21)30(11-12-30)33-20-27(35)26-18-22-16-24(31)19-25(17-22)38-14-4-3-13-32-28(36)9-6-10-29(37)34-26/h5,7-8,15-17,19,26-27,33,35H,2-4,6,9-14,18,20H2,1H3,(H,32,36)(H,34,37). The van der Waals surface area contributed by atoms with Crippen molar-refractivity contribution in [3.05, 3.63) is 65.0 Å². The van der Waals surface area contributed by atoms with Gasteiger partial charge in [-0.1, -0.05) is 31.2 Å². The summed E-state index contributed by atoms with van der Waals surface area (Å²) in [6, 6.07) is 12.4. The highest BCUT2D eigenvalue weighted by molar-refractivity contribution is 5.79. The van der Waals surface area contributed by atoms with Gasteiger partial charge >= 0.3 is 0 Å². The first-order chi connectivity index (χ1) is 18.4. The molecule has 4 N–H and O–H groups in total. The Balaban J connectivity index is 1.47. The molecule has 0 aromatic heterocycles. The summed E-state index contributed by atoms with van der Waals surface area (Å²) < 4.78 is 20.2. The summed E-state index contributed by atoms with van der Waals surface area (Å²) in [6.45, 7) is 3.36. The Labute approximate surface area is 224 Å². The number of aliphatic hydroxyl groups excluding tert-OH is 1. The monoisotopic (exact) mass is 525 g/mol. The molecule has 0 radical (unpaired) electrons. The number of benzene rings is 2. The molecule has 1 aliphatic heterocycles. The van der Waals surface area contributed by atoms with Gasteiger partial charge in [-0.3, -0.25) is 9.59 Å². The van der Waals surface area contributed by atoms with Crippen LogP contribution in [-0.2, 0) is 28.0 Å². The van der Waals surface area contributed by atoms with Gasteiger partial charge in [0.1, 0.15) is 11.6 Å². The molecular weight excluding hydrogens is 485 g/mol. The maximum absolute atomic E-state index is 14.4. The molecule has 2 aromatic rings. The number of carbonyl (C=O) groups excluding carboxylic acids is 2. The normalized spacial score (nSPS) is 21.4. The summed E-state index contributed by atoms with van der Waals surface area (Å²) in [4.78, 5) is 24.8. The molecule has 0 saturated heterocycles. The number of ether oxygens (including phenoxy) is 1. The van der Waals surface area contributed by atoms with Crippen molar-refractivity contribution in [2.45, 2.75) is 82.4 Å². The molecule has 2 atom stereocenters. The third kappa shape index (κ3) is 8.01. The van der Waals surface area contributed by atoms with Crippen molar-refractivity contribution in [1.82, 2.24) is 16.0 Å². The first-order valence-corrected chi connectivity index (χ1v) is 13.9. The minimum absolute atomic E-state index is 0.0839. The predicted molar refractivity (Wildman–Crippen MR) is 144 cm³/mol. The number of aryl methyl sites for hydroxylation is 1. The van der Waals surface area contributed by atoms with E-state index in [1.54, 1.807) is 6.07 Å². The molecule has 2 unspecified atom stereocenters. The average Bonchev–Trinajstić information content (AvgIpc) is 3.69. The van der Waals surface area contributed by atoms with E-state index < -0.39 is 18.0 Å². The van der Waals surface area contributed by atoms with Gasteiger partial charge in [-0.05, 0) is 73.8 Å². The molecule has 1 aliphatic carbocycles. The molecule has 1 heterocycles. The fourth-order valence-electron chi connectivity index (χ4n) is 5.00. The van der Waals surface area contributed by atoms with Crippen molar-refractivity contribution in [2.75, 3.05) is 19.7 Å². The zero-order valence-electron chi connectivity index (χ0n) is 22.2. The Morgan fingerprint density at radius 2 is 1.92 bits per heavy atom. The van der Waals surface area contributed by atoms with Gasteiger partial charge in [0.15, 0.2) is 0 Å². The maximum atomic E-state index is 14.4. The number of halogens is 1. The molecular formula is C30H40FN3O4. The predicted octanol–water partition coefficient (Wildman–Crippen LogP) is 3.51. The van der Waals surface area contributed by atoms with Crippen molar-refractivity contribution in [2.24, 2.45) is 0 Å². The van der Waals surface area contributed by atoms with E-state index >= 15 is 0 Å². The molecule has 2 aliphatic rings. The van der Waals surface area contributed by atoms with E-state index in [0.29, 0.717) is 30.9 Å². The third-order valence-electron chi connectivity index (χ3n) is 7.45. The molecule has 206 valence electrons. The minimum Gasteiger partial charge on any atom is -0.493 e. The Hall–Kier alpha value is -2.97. The van der Waals surface area contributed by atoms with E-state index in [1.165, 1.54) is 23.3 Å². The fraction of sp³-hybridized carbons (Fsp3) is 0.533. The lowest BCUT2D eigenvalue weighted by Gasteiger charge is -2.27. The molecule has 1 saturated carbocycles. The van der Waals surface area contributed by atoms with Crippen LogP contribution in [0.1, 0.15) is 68.6 Å². The second-order valence-electron chi connectivity index (χ2n) is 10.5. The van der Waals surface area contributed by atoms with Crippen LogP contribution in [0.2, 0.25) is 0 Å². The lowest BCUT2D eigenvalue weighted by Crippen LogP contribution is -2.50. The highest BCUT2D eigenvalue weighted by atomic mass is 19.1.